The SMILES string of the molecule is CC(C)(N)CNc1ccc(C(F)(F)F)cc1C#N. The van der Waals surface area contributed by atoms with E-state index in [1.165, 1.54) is 6.07 Å². The van der Waals surface area contributed by atoms with Crippen molar-refractivity contribution in [3.63, 3.8) is 0 Å². The third kappa shape index (κ3) is 3.93. The molecule has 98 valence electrons. The maximum atomic E-state index is 12.5. The van der Waals surface area contributed by atoms with Crippen molar-refractivity contribution < 1.29 is 13.2 Å². The molecule has 6 heteroatoms. The van der Waals surface area contributed by atoms with Gasteiger partial charge < -0.3 is 11.1 Å². The van der Waals surface area contributed by atoms with Crippen LogP contribution in [-0.4, -0.2) is 12.1 Å². The van der Waals surface area contributed by atoms with E-state index in [9.17, 15) is 13.2 Å². The molecule has 3 nitrogen and oxygen atoms in total. The van der Waals surface area contributed by atoms with E-state index in [-0.39, 0.29) is 5.56 Å². The number of hydrogen-bond donors (Lipinski definition) is 2. The molecule has 0 heterocycles. The van der Waals surface area contributed by atoms with Gasteiger partial charge in [0.05, 0.1) is 16.8 Å². The van der Waals surface area contributed by atoms with Crippen molar-refractivity contribution in [2.24, 2.45) is 5.73 Å². The summed E-state index contributed by atoms with van der Waals surface area (Å²) in [4.78, 5) is 0. The van der Waals surface area contributed by atoms with Crippen LogP contribution in [0.1, 0.15) is 25.0 Å². The van der Waals surface area contributed by atoms with Gasteiger partial charge in [0, 0.05) is 12.1 Å². The molecule has 0 spiro atoms. The lowest BCUT2D eigenvalue weighted by Gasteiger charge is -2.20. The zero-order valence-electron chi connectivity index (χ0n) is 10.1. The number of alkyl halides is 3. The second-order valence-corrected chi connectivity index (χ2v) is 4.71. The van der Waals surface area contributed by atoms with E-state index in [2.05, 4.69) is 5.32 Å². The second-order valence-electron chi connectivity index (χ2n) is 4.71. The van der Waals surface area contributed by atoms with Crippen molar-refractivity contribution in [2.45, 2.75) is 25.6 Å². The summed E-state index contributed by atoms with van der Waals surface area (Å²) in [5.74, 6) is 0. The van der Waals surface area contributed by atoms with Crippen LogP contribution in [-0.2, 0) is 6.18 Å². The average Bonchev–Trinajstić information content (AvgIpc) is 2.23. The molecule has 1 rings (SSSR count). The lowest BCUT2D eigenvalue weighted by molar-refractivity contribution is -0.137. The molecule has 1 aromatic rings. The fraction of sp³-hybridized carbons (Fsp3) is 0.417. The Kier molecular flexibility index (Phi) is 3.87. The number of benzene rings is 1. The molecular weight excluding hydrogens is 243 g/mol. The van der Waals surface area contributed by atoms with Crippen molar-refractivity contribution in [1.82, 2.24) is 0 Å². The van der Waals surface area contributed by atoms with Crippen LogP contribution in [0.15, 0.2) is 18.2 Å². The first-order valence-electron chi connectivity index (χ1n) is 5.27. The summed E-state index contributed by atoms with van der Waals surface area (Å²) in [6.07, 6.45) is -4.45. The van der Waals surface area contributed by atoms with Crippen LogP contribution in [0, 0.1) is 11.3 Å². The highest BCUT2D eigenvalue weighted by Crippen LogP contribution is 2.31. The Balaban J connectivity index is 2.99. The van der Waals surface area contributed by atoms with E-state index in [4.69, 9.17) is 11.0 Å². The van der Waals surface area contributed by atoms with Crippen LogP contribution >= 0.6 is 0 Å². The van der Waals surface area contributed by atoms with Gasteiger partial charge in [-0.05, 0) is 32.0 Å². The van der Waals surface area contributed by atoms with Gasteiger partial charge in [-0.3, -0.25) is 0 Å². The molecule has 0 saturated heterocycles. The van der Waals surface area contributed by atoms with Gasteiger partial charge in [0.25, 0.3) is 0 Å². The van der Waals surface area contributed by atoms with Gasteiger partial charge in [0.15, 0.2) is 0 Å². The molecule has 0 bridgehead atoms. The van der Waals surface area contributed by atoms with E-state index in [1.54, 1.807) is 19.9 Å². The topological polar surface area (TPSA) is 61.8 Å². The van der Waals surface area contributed by atoms with Crippen molar-refractivity contribution in [3.05, 3.63) is 29.3 Å². The molecular formula is C12H14F3N3. The normalized spacial score (nSPS) is 12.1. The Morgan fingerprint density at radius 3 is 2.39 bits per heavy atom. The number of hydrogen-bond acceptors (Lipinski definition) is 3. The summed E-state index contributed by atoms with van der Waals surface area (Å²) >= 11 is 0. The Morgan fingerprint density at radius 1 is 1.33 bits per heavy atom. The fourth-order valence-electron chi connectivity index (χ4n) is 1.29. The third-order valence-corrected chi connectivity index (χ3v) is 2.20. The number of anilines is 1. The number of halogens is 3. The highest BCUT2D eigenvalue weighted by atomic mass is 19.4. The van der Waals surface area contributed by atoms with Gasteiger partial charge in [-0.25, -0.2) is 0 Å². The minimum absolute atomic E-state index is 0.0472. The Bertz CT molecular complexity index is 467. The molecule has 18 heavy (non-hydrogen) atoms. The fourth-order valence-corrected chi connectivity index (χ4v) is 1.29. The number of nitrogens with two attached hydrogens (primary N) is 1. The quantitative estimate of drug-likeness (QED) is 0.875. The van der Waals surface area contributed by atoms with Crippen LogP contribution in [0.2, 0.25) is 0 Å². The Morgan fingerprint density at radius 2 is 1.94 bits per heavy atom. The summed E-state index contributed by atoms with van der Waals surface area (Å²) < 4.78 is 37.4. The molecule has 1 aromatic carbocycles. The van der Waals surface area contributed by atoms with Crippen LogP contribution < -0.4 is 11.1 Å². The Labute approximate surface area is 103 Å². The molecule has 0 fully saturated rings. The minimum Gasteiger partial charge on any atom is -0.382 e. The summed E-state index contributed by atoms with van der Waals surface area (Å²) in [6.45, 7) is 3.90. The van der Waals surface area contributed by atoms with Crippen molar-refractivity contribution in [3.8, 4) is 6.07 Å². The van der Waals surface area contributed by atoms with Gasteiger partial charge in [-0.1, -0.05) is 0 Å². The maximum Gasteiger partial charge on any atom is 0.416 e. The van der Waals surface area contributed by atoms with E-state index in [1.807, 2.05) is 0 Å². The molecule has 0 atom stereocenters. The molecule has 0 aromatic heterocycles. The molecule has 0 saturated carbocycles. The summed E-state index contributed by atoms with van der Waals surface area (Å²) in [5, 5.41) is 11.7. The van der Waals surface area contributed by atoms with Crippen LogP contribution in [0.25, 0.3) is 0 Å². The van der Waals surface area contributed by atoms with E-state index in [0.29, 0.717) is 12.2 Å². The molecule has 0 aliphatic rings. The summed E-state index contributed by atoms with van der Waals surface area (Å²) in [5.41, 5.74) is 4.70. The predicted molar refractivity (Wildman–Crippen MR) is 62.9 cm³/mol. The van der Waals surface area contributed by atoms with Crippen molar-refractivity contribution >= 4 is 5.69 Å². The molecule has 0 amide bonds. The van der Waals surface area contributed by atoms with E-state index < -0.39 is 17.3 Å². The first-order chi connectivity index (χ1) is 8.13. The number of rotatable bonds is 3. The zero-order chi connectivity index (χ0) is 14.0. The van der Waals surface area contributed by atoms with E-state index >= 15 is 0 Å². The van der Waals surface area contributed by atoms with Crippen LogP contribution in [0.4, 0.5) is 18.9 Å². The number of nitrogens with zero attached hydrogens (tertiary/aromatic N) is 1. The standard InChI is InChI=1S/C12H14F3N3/c1-11(2,17)7-18-10-4-3-9(12(13,14)15)5-8(10)6-16/h3-5,18H,7,17H2,1-2H3. The van der Waals surface area contributed by atoms with Gasteiger partial charge >= 0.3 is 6.18 Å². The number of nitriles is 1. The van der Waals surface area contributed by atoms with Crippen molar-refractivity contribution in [2.75, 3.05) is 11.9 Å². The average molecular weight is 257 g/mol. The van der Waals surface area contributed by atoms with Gasteiger partial charge in [-0.2, -0.15) is 18.4 Å². The van der Waals surface area contributed by atoms with Gasteiger partial charge in [0.1, 0.15) is 6.07 Å². The lowest BCUT2D eigenvalue weighted by Crippen LogP contribution is -2.39. The highest BCUT2D eigenvalue weighted by Gasteiger charge is 2.31. The molecule has 0 aliphatic carbocycles. The highest BCUT2D eigenvalue weighted by molar-refractivity contribution is 5.59. The van der Waals surface area contributed by atoms with E-state index in [0.717, 1.165) is 12.1 Å². The largest absolute Gasteiger partial charge is 0.416 e. The van der Waals surface area contributed by atoms with Crippen molar-refractivity contribution in [1.29, 1.82) is 5.26 Å². The third-order valence-electron chi connectivity index (χ3n) is 2.20. The second kappa shape index (κ2) is 4.86. The van der Waals surface area contributed by atoms with Crippen LogP contribution in [0.5, 0.6) is 0 Å². The smallest absolute Gasteiger partial charge is 0.382 e. The van der Waals surface area contributed by atoms with Crippen LogP contribution in [0.3, 0.4) is 0 Å². The summed E-state index contributed by atoms with van der Waals surface area (Å²) in [7, 11) is 0. The first-order valence-corrected chi connectivity index (χ1v) is 5.27. The monoisotopic (exact) mass is 257 g/mol. The lowest BCUT2D eigenvalue weighted by atomic mass is 10.1. The molecule has 0 radical (unpaired) electrons. The zero-order valence-corrected chi connectivity index (χ0v) is 10.1. The predicted octanol–water partition coefficient (Wildman–Crippen LogP) is 2.73. The Hall–Kier alpha value is -1.74. The first kappa shape index (κ1) is 14.3. The molecule has 3 N–H and O–H groups in total. The minimum atomic E-state index is -4.45. The molecule has 0 unspecified atom stereocenters. The maximum absolute atomic E-state index is 12.5. The summed E-state index contributed by atoms with van der Waals surface area (Å²) in [6, 6.07) is 4.75. The molecule has 0 aliphatic heterocycles. The van der Waals surface area contributed by atoms with Gasteiger partial charge in [0.2, 0.25) is 0 Å². The van der Waals surface area contributed by atoms with Gasteiger partial charge in [-0.15, -0.1) is 0 Å². The number of nitrogens with one attached hydrogen (secondary N) is 1.